The van der Waals surface area contributed by atoms with Crippen molar-refractivity contribution >= 4 is 34.4 Å². The fourth-order valence-corrected chi connectivity index (χ4v) is 2.98. The maximum absolute atomic E-state index is 13.1. The summed E-state index contributed by atoms with van der Waals surface area (Å²) in [4.78, 5) is 25.4. The summed E-state index contributed by atoms with van der Waals surface area (Å²) in [5.41, 5.74) is 2.14. The van der Waals surface area contributed by atoms with E-state index < -0.39 is 0 Å². The van der Waals surface area contributed by atoms with Gasteiger partial charge in [-0.25, -0.2) is 0 Å². The highest BCUT2D eigenvalue weighted by Gasteiger charge is 2.19. The van der Waals surface area contributed by atoms with Crippen LogP contribution < -0.4 is 10.7 Å². The van der Waals surface area contributed by atoms with E-state index in [2.05, 4.69) is 5.32 Å². The van der Waals surface area contributed by atoms with E-state index in [0.29, 0.717) is 33.5 Å². The number of benzene rings is 2. The summed E-state index contributed by atoms with van der Waals surface area (Å²) in [6.45, 7) is 3.89. The van der Waals surface area contributed by atoms with E-state index in [-0.39, 0.29) is 17.2 Å². The minimum absolute atomic E-state index is 0.168. The van der Waals surface area contributed by atoms with Crippen LogP contribution in [0.4, 0.5) is 5.88 Å². The maximum Gasteiger partial charge on any atom is 0.226 e. The van der Waals surface area contributed by atoms with Crippen LogP contribution >= 0.6 is 11.6 Å². The molecule has 0 radical (unpaired) electrons. The number of carbonyl (C=O) groups is 1. The third kappa shape index (κ3) is 3.65. The second-order valence-electron chi connectivity index (χ2n) is 6.25. The minimum atomic E-state index is -0.178. The molecule has 0 bridgehead atoms. The number of hydrogen-bond acceptors (Lipinski definition) is 3. The minimum Gasteiger partial charge on any atom is -0.439 e. The molecule has 4 nitrogen and oxygen atoms in total. The Bertz CT molecular complexity index is 1010. The van der Waals surface area contributed by atoms with Crippen LogP contribution in [0.5, 0.6) is 0 Å². The summed E-state index contributed by atoms with van der Waals surface area (Å²) in [7, 11) is 0. The number of halogens is 1. The zero-order valence-corrected chi connectivity index (χ0v) is 15.5. The Morgan fingerprint density at radius 2 is 1.88 bits per heavy atom. The Balaban J connectivity index is 2.20. The normalized spacial score (nSPS) is 10.9. The Kier molecular flexibility index (Phi) is 5.43. The molecule has 3 rings (SSSR count). The fraction of sp³-hybridized carbons (Fsp3) is 0.238. The Morgan fingerprint density at radius 3 is 2.58 bits per heavy atom. The van der Waals surface area contributed by atoms with Gasteiger partial charge >= 0.3 is 0 Å². The molecular formula is C21H20ClNO3. The molecule has 2 aromatic carbocycles. The lowest BCUT2D eigenvalue weighted by molar-refractivity contribution is -0.116. The van der Waals surface area contributed by atoms with Gasteiger partial charge in [-0.15, -0.1) is 0 Å². The van der Waals surface area contributed by atoms with Gasteiger partial charge in [0.25, 0.3) is 0 Å². The lowest BCUT2D eigenvalue weighted by Gasteiger charge is -2.12. The Hall–Kier alpha value is -2.59. The molecule has 0 saturated carbocycles. The van der Waals surface area contributed by atoms with Gasteiger partial charge in [0.2, 0.25) is 17.2 Å². The molecule has 0 atom stereocenters. The van der Waals surface area contributed by atoms with Crippen LogP contribution in [0.3, 0.4) is 0 Å². The summed E-state index contributed by atoms with van der Waals surface area (Å²) in [5, 5.41) is 3.84. The molecule has 0 aliphatic rings. The van der Waals surface area contributed by atoms with E-state index >= 15 is 0 Å². The standard InChI is InChI=1S/C21H20ClNO3/c1-3-4-8-17(24)23-21-18(14-9-11-15(22)12-10-14)19(25)16-7-5-6-13(2)20(16)26-21/h5-7,9-12H,3-4,8H2,1-2H3,(H,23,24). The predicted molar refractivity (Wildman–Crippen MR) is 106 cm³/mol. The highest BCUT2D eigenvalue weighted by atomic mass is 35.5. The van der Waals surface area contributed by atoms with Gasteiger partial charge in [-0.3, -0.25) is 14.9 Å². The average Bonchev–Trinajstić information content (AvgIpc) is 2.62. The highest BCUT2D eigenvalue weighted by molar-refractivity contribution is 6.30. The number of anilines is 1. The molecule has 0 saturated heterocycles. The molecule has 26 heavy (non-hydrogen) atoms. The zero-order valence-electron chi connectivity index (χ0n) is 14.8. The molecular weight excluding hydrogens is 350 g/mol. The summed E-state index contributed by atoms with van der Waals surface area (Å²) in [6.07, 6.45) is 2.07. The van der Waals surface area contributed by atoms with Gasteiger partial charge in [-0.2, -0.15) is 0 Å². The fourth-order valence-electron chi connectivity index (χ4n) is 2.85. The number of para-hydroxylation sites is 1. The lowest BCUT2D eigenvalue weighted by Crippen LogP contribution is -2.16. The van der Waals surface area contributed by atoms with E-state index in [1.165, 1.54) is 0 Å². The smallest absolute Gasteiger partial charge is 0.226 e. The lowest BCUT2D eigenvalue weighted by atomic mass is 10.0. The average molecular weight is 370 g/mol. The van der Waals surface area contributed by atoms with Crippen LogP contribution in [0.25, 0.3) is 22.1 Å². The Morgan fingerprint density at radius 1 is 1.15 bits per heavy atom. The second kappa shape index (κ2) is 7.75. The quantitative estimate of drug-likeness (QED) is 0.641. The summed E-state index contributed by atoms with van der Waals surface area (Å²) in [6, 6.07) is 12.3. The van der Waals surface area contributed by atoms with E-state index in [1.54, 1.807) is 30.3 Å². The molecule has 0 unspecified atom stereocenters. The molecule has 5 heteroatoms. The predicted octanol–water partition coefficient (Wildman–Crippen LogP) is 5.55. The van der Waals surface area contributed by atoms with Crippen molar-refractivity contribution in [2.24, 2.45) is 0 Å². The molecule has 1 amide bonds. The number of rotatable bonds is 5. The SMILES string of the molecule is CCCCC(=O)Nc1oc2c(C)cccc2c(=O)c1-c1ccc(Cl)cc1. The van der Waals surface area contributed by atoms with Crippen LogP contribution in [0.1, 0.15) is 31.7 Å². The van der Waals surface area contributed by atoms with E-state index in [1.807, 2.05) is 26.0 Å². The molecule has 1 aromatic heterocycles. The van der Waals surface area contributed by atoms with Gasteiger partial charge in [0.1, 0.15) is 5.58 Å². The first-order valence-electron chi connectivity index (χ1n) is 8.63. The summed E-state index contributed by atoms with van der Waals surface area (Å²) < 4.78 is 5.97. The zero-order chi connectivity index (χ0) is 18.7. The van der Waals surface area contributed by atoms with Crippen molar-refractivity contribution in [3.05, 3.63) is 63.3 Å². The number of hydrogen-bond donors (Lipinski definition) is 1. The largest absolute Gasteiger partial charge is 0.439 e. The number of nitrogens with one attached hydrogen (secondary N) is 1. The van der Waals surface area contributed by atoms with Gasteiger partial charge in [0.05, 0.1) is 10.9 Å². The van der Waals surface area contributed by atoms with Crippen molar-refractivity contribution in [2.45, 2.75) is 33.1 Å². The molecule has 0 fully saturated rings. The van der Waals surface area contributed by atoms with Gasteiger partial charge in [-0.05, 0) is 42.7 Å². The molecule has 0 spiro atoms. The third-order valence-corrected chi connectivity index (χ3v) is 4.51. The number of fused-ring (bicyclic) bond motifs is 1. The van der Waals surface area contributed by atoms with Crippen LogP contribution in [0.2, 0.25) is 5.02 Å². The monoisotopic (exact) mass is 369 g/mol. The highest BCUT2D eigenvalue weighted by Crippen LogP contribution is 2.30. The number of aryl methyl sites for hydroxylation is 1. The van der Waals surface area contributed by atoms with Crippen LogP contribution in [-0.4, -0.2) is 5.91 Å². The number of amides is 1. The molecule has 1 N–H and O–H groups in total. The van der Waals surface area contributed by atoms with Crippen molar-refractivity contribution in [3.63, 3.8) is 0 Å². The summed E-state index contributed by atoms with van der Waals surface area (Å²) >= 11 is 5.96. The van der Waals surface area contributed by atoms with E-state index in [4.69, 9.17) is 16.0 Å². The van der Waals surface area contributed by atoms with Crippen LogP contribution in [0.15, 0.2) is 51.7 Å². The van der Waals surface area contributed by atoms with Crippen LogP contribution in [0, 0.1) is 6.92 Å². The van der Waals surface area contributed by atoms with Gasteiger partial charge in [0.15, 0.2) is 0 Å². The first kappa shape index (κ1) is 18.2. The summed E-state index contributed by atoms with van der Waals surface area (Å²) in [5.74, 6) is 0.0124. The van der Waals surface area contributed by atoms with Crippen molar-refractivity contribution in [1.82, 2.24) is 0 Å². The topological polar surface area (TPSA) is 59.3 Å². The van der Waals surface area contributed by atoms with Gasteiger partial charge < -0.3 is 4.42 Å². The number of unbranched alkanes of at least 4 members (excludes halogenated alkanes) is 1. The first-order chi connectivity index (χ1) is 12.5. The first-order valence-corrected chi connectivity index (χ1v) is 9.01. The van der Waals surface area contributed by atoms with Crippen molar-refractivity contribution in [2.75, 3.05) is 5.32 Å². The molecule has 3 aromatic rings. The maximum atomic E-state index is 13.1. The second-order valence-corrected chi connectivity index (χ2v) is 6.68. The molecule has 0 aliphatic carbocycles. The van der Waals surface area contributed by atoms with Crippen molar-refractivity contribution in [3.8, 4) is 11.1 Å². The van der Waals surface area contributed by atoms with Crippen molar-refractivity contribution < 1.29 is 9.21 Å². The van der Waals surface area contributed by atoms with E-state index in [0.717, 1.165) is 18.4 Å². The Labute approximate surface area is 156 Å². The molecule has 1 heterocycles. The molecule has 0 aliphatic heterocycles. The third-order valence-electron chi connectivity index (χ3n) is 4.26. The van der Waals surface area contributed by atoms with Crippen molar-refractivity contribution in [1.29, 1.82) is 0 Å². The number of carbonyl (C=O) groups excluding carboxylic acids is 1. The van der Waals surface area contributed by atoms with Crippen LogP contribution in [-0.2, 0) is 4.79 Å². The molecule has 134 valence electrons. The van der Waals surface area contributed by atoms with E-state index in [9.17, 15) is 9.59 Å². The van der Waals surface area contributed by atoms with Gasteiger partial charge in [0, 0.05) is 11.4 Å². The van der Waals surface area contributed by atoms with Gasteiger partial charge in [-0.1, -0.05) is 49.2 Å².